The molecular weight excluding hydrogens is 434 g/mol. The fourth-order valence-electron chi connectivity index (χ4n) is 1.56. The zero-order valence-corrected chi connectivity index (χ0v) is 15.5. The molecule has 0 spiro atoms. The first-order valence-corrected chi connectivity index (χ1v) is 7.75. The van der Waals surface area contributed by atoms with Crippen LogP contribution in [0.3, 0.4) is 0 Å². The highest BCUT2D eigenvalue weighted by atomic mass is 79.9. The minimum absolute atomic E-state index is 0.0710. The van der Waals surface area contributed by atoms with E-state index in [-0.39, 0.29) is 11.4 Å². The van der Waals surface area contributed by atoms with Gasteiger partial charge in [-0.2, -0.15) is 0 Å². The zero-order valence-electron chi connectivity index (χ0n) is 12.4. The fourth-order valence-corrected chi connectivity index (χ4v) is 2.37. The van der Waals surface area contributed by atoms with Crippen LogP contribution in [0.25, 0.3) is 0 Å². The lowest BCUT2D eigenvalue weighted by molar-refractivity contribution is -0.385. The summed E-state index contributed by atoms with van der Waals surface area (Å²) in [6.45, 7) is 0. The molecule has 0 unspecified atom stereocenters. The minimum Gasteiger partial charge on any atom is -0.495 e. The number of hydrogen-bond acceptors (Lipinski definition) is 6. The lowest BCUT2D eigenvalue weighted by Crippen LogP contribution is -1.96. The molecule has 7 nitrogen and oxygen atoms in total. The van der Waals surface area contributed by atoms with Crippen molar-refractivity contribution in [3.63, 3.8) is 0 Å². The second-order valence-electron chi connectivity index (χ2n) is 4.19. The van der Waals surface area contributed by atoms with E-state index in [1.807, 2.05) is 12.1 Å². The SMILES string of the molecule is COc1cc(Br)c([N+](=O)[O-])cc1N.COc1cc(Br)ccc1N. The van der Waals surface area contributed by atoms with Crippen LogP contribution in [0.15, 0.2) is 39.3 Å². The number of nitrogens with zero attached hydrogens (tertiary/aromatic N) is 1. The molecule has 124 valence electrons. The Balaban J connectivity index is 0.000000238. The van der Waals surface area contributed by atoms with Crippen LogP contribution in [0, 0.1) is 10.1 Å². The van der Waals surface area contributed by atoms with Gasteiger partial charge in [0.1, 0.15) is 11.5 Å². The molecule has 4 N–H and O–H groups in total. The summed E-state index contributed by atoms with van der Waals surface area (Å²) in [7, 11) is 3.04. The van der Waals surface area contributed by atoms with Gasteiger partial charge in [-0.1, -0.05) is 15.9 Å². The van der Waals surface area contributed by atoms with Crippen molar-refractivity contribution in [3.8, 4) is 11.5 Å². The molecule has 0 aromatic heterocycles. The molecule has 0 fully saturated rings. The molecule has 0 saturated carbocycles. The molecule has 0 aliphatic carbocycles. The van der Waals surface area contributed by atoms with Gasteiger partial charge in [-0.15, -0.1) is 0 Å². The van der Waals surface area contributed by atoms with Gasteiger partial charge in [-0.25, -0.2) is 0 Å². The molecule has 0 aliphatic rings. The molecular formula is C14H15Br2N3O4. The third kappa shape index (κ3) is 5.29. The highest BCUT2D eigenvalue weighted by molar-refractivity contribution is 9.10. The zero-order chi connectivity index (χ0) is 17.6. The first kappa shape index (κ1) is 19.0. The highest BCUT2D eigenvalue weighted by Crippen LogP contribution is 2.33. The Morgan fingerprint density at radius 1 is 1.00 bits per heavy atom. The smallest absolute Gasteiger partial charge is 0.285 e. The Hall–Kier alpha value is -2.00. The van der Waals surface area contributed by atoms with E-state index in [2.05, 4.69) is 31.9 Å². The summed E-state index contributed by atoms with van der Waals surface area (Å²) in [4.78, 5) is 9.94. The van der Waals surface area contributed by atoms with Gasteiger partial charge in [0.25, 0.3) is 5.69 Å². The van der Waals surface area contributed by atoms with Crippen molar-refractivity contribution in [1.29, 1.82) is 0 Å². The second kappa shape index (κ2) is 8.59. The Bertz CT molecular complexity index is 711. The summed E-state index contributed by atoms with van der Waals surface area (Å²) in [6, 6.07) is 8.21. The Morgan fingerprint density at radius 3 is 2.04 bits per heavy atom. The van der Waals surface area contributed by atoms with Crippen LogP contribution < -0.4 is 20.9 Å². The Kier molecular flexibility index (Phi) is 7.11. The van der Waals surface area contributed by atoms with Crippen molar-refractivity contribution in [2.24, 2.45) is 0 Å². The molecule has 2 rings (SSSR count). The molecule has 0 amide bonds. The van der Waals surface area contributed by atoms with Crippen LogP contribution in [0.4, 0.5) is 17.1 Å². The lowest BCUT2D eigenvalue weighted by Gasteiger charge is -2.04. The third-order valence-electron chi connectivity index (χ3n) is 2.69. The quantitative estimate of drug-likeness (QED) is 0.416. The molecule has 0 radical (unpaired) electrons. The number of hydrogen-bond donors (Lipinski definition) is 2. The Morgan fingerprint density at radius 2 is 1.57 bits per heavy atom. The highest BCUT2D eigenvalue weighted by Gasteiger charge is 2.15. The molecule has 0 atom stereocenters. The van der Waals surface area contributed by atoms with E-state index in [9.17, 15) is 10.1 Å². The van der Waals surface area contributed by atoms with Gasteiger partial charge < -0.3 is 20.9 Å². The summed E-state index contributed by atoms with van der Waals surface area (Å²) in [6.07, 6.45) is 0. The van der Waals surface area contributed by atoms with E-state index in [1.54, 1.807) is 13.2 Å². The maximum absolute atomic E-state index is 10.5. The van der Waals surface area contributed by atoms with Gasteiger partial charge in [0, 0.05) is 16.6 Å². The molecule has 2 aromatic rings. The number of nitrogens with two attached hydrogens (primary N) is 2. The number of methoxy groups -OCH3 is 2. The van der Waals surface area contributed by atoms with E-state index in [0.717, 1.165) is 4.47 Å². The fraction of sp³-hybridized carbons (Fsp3) is 0.143. The van der Waals surface area contributed by atoms with Gasteiger partial charge in [0.2, 0.25) is 0 Å². The van der Waals surface area contributed by atoms with Gasteiger partial charge in [0.15, 0.2) is 0 Å². The maximum Gasteiger partial charge on any atom is 0.285 e. The number of anilines is 2. The molecule has 0 aliphatic heterocycles. The number of halogens is 2. The summed E-state index contributed by atoms with van der Waals surface area (Å²) in [5.41, 5.74) is 11.9. The number of benzene rings is 2. The van der Waals surface area contributed by atoms with Crippen LogP contribution in [0.2, 0.25) is 0 Å². The molecule has 0 heterocycles. The largest absolute Gasteiger partial charge is 0.495 e. The van der Waals surface area contributed by atoms with E-state index < -0.39 is 4.92 Å². The first-order chi connectivity index (χ1) is 10.8. The van der Waals surface area contributed by atoms with Crippen LogP contribution in [0.1, 0.15) is 0 Å². The Labute approximate surface area is 150 Å². The van der Waals surface area contributed by atoms with Crippen LogP contribution in [-0.4, -0.2) is 19.1 Å². The predicted molar refractivity (Wildman–Crippen MR) is 96.9 cm³/mol. The number of ether oxygens (including phenoxy) is 2. The van der Waals surface area contributed by atoms with Crippen molar-refractivity contribution in [1.82, 2.24) is 0 Å². The summed E-state index contributed by atoms with van der Waals surface area (Å²) in [5.74, 6) is 1.12. The monoisotopic (exact) mass is 447 g/mol. The molecule has 2 aromatic carbocycles. The van der Waals surface area contributed by atoms with E-state index in [1.165, 1.54) is 19.2 Å². The topological polar surface area (TPSA) is 114 Å². The summed E-state index contributed by atoms with van der Waals surface area (Å²) < 4.78 is 11.2. The first-order valence-electron chi connectivity index (χ1n) is 6.16. The average Bonchev–Trinajstić information content (AvgIpc) is 2.51. The molecule has 9 heteroatoms. The molecule has 0 bridgehead atoms. The van der Waals surface area contributed by atoms with Crippen LogP contribution >= 0.6 is 31.9 Å². The van der Waals surface area contributed by atoms with E-state index in [0.29, 0.717) is 21.7 Å². The van der Waals surface area contributed by atoms with Gasteiger partial charge >= 0.3 is 0 Å². The number of nitrogen functional groups attached to an aromatic ring is 2. The molecule has 0 saturated heterocycles. The van der Waals surface area contributed by atoms with Crippen molar-refractivity contribution < 1.29 is 14.4 Å². The molecule has 23 heavy (non-hydrogen) atoms. The number of nitro groups is 1. The predicted octanol–water partition coefficient (Wildman–Crippen LogP) is 3.99. The van der Waals surface area contributed by atoms with E-state index in [4.69, 9.17) is 20.9 Å². The van der Waals surface area contributed by atoms with Crippen molar-refractivity contribution >= 4 is 48.9 Å². The summed E-state index contributed by atoms with van der Waals surface area (Å²) in [5, 5.41) is 10.5. The standard InChI is InChI=1S/C7H7BrN2O3.C7H8BrNO/c1-13-7-2-4(8)6(10(11)12)3-5(7)9;1-10-7-4-5(8)2-3-6(7)9/h2-3H,9H2,1H3;2-4H,9H2,1H3. The number of rotatable bonds is 3. The normalized spacial score (nSPS) is 9.57. The van der Waals surface area contributed by atoms with Crippen LogP contribution in [0.5, 0.6) is 11.5 Å². The van der Waals surface area contributed by atoms with Gasteiger partial charge in [-0.05, 0) is 34.1 Å². The maximum atomic E-state index is 10.5. The van der Waals surface area contributed by atoms with Gasteiger partial charge in [0.05, 0.1) is 35.0 Å². The van der Waals surface area contributed by atoms with Crippen molar-refractivity contribution in [3.05, 3.63) is 49.4 Å². The second-order valence-corrected chi connectivity index (χ2v) is 5.96. The lowest BCUT2D eigenvalue weighted by atomic mass is 10.2. The number of nitro benzene ring substituents is 1. The third-order valence-corrected chi connectivity index (χ3v) is 3.82. The van der Waals surface area contributed by atoms with Crippen molar-refractivity contribution in [2.45, 2.75) is 0 Å². The van der Waals surface area contributed by atoms with Crippen LogP contribution in [-0.2, 0) is 0 Å². The summed E-state index contributed by atoms with van der Waals surface area (Å²) >= 11 is 6.35. The minimum atomic E-state index is -0.514. The van der Waals surface area contributed by atoms with Gasteiger partial charge in [-0.3, -0.25) is 10.1 Å². The van der Waals surface area contributed by atoms with Crippen molar-refractivity contribution in [2.75, 3.05) is 25.7 Å². The average molecular weight is 449 g/mol. The van der Waals surface area contributed by atoms with E-state index >= 15 is 0 Å².